The molecule has 20 heavy (non-hydrogen) atoms. The van der Waals surface area contributed by atoms with E-state index in [0.29, 0.717) is 5.56 Å². The van der Waals surface area contributed by atoms with Crippen molar-refractivity contribution in [2.75, 3.05) is 0 Å². The number of carbonyl (C=O) groups is 2. The summed E-state index contributed by atoms with van der Waals surface area (Å²) < 4.78 is 0. The highest BCUT2D eigenvalue weighted by Crippen LogP contribution is 2.00. The first-order chi connectivity index (χ1) is 9.56. The quantitative estimate of drug-likeness (QED) is 0.708. The molecule has 0 saturated heterocycles. The normalized spacial score (nSPS) is 10.0. The standard InChI is InChI=1S/C12H10N4O4/c17-10-6-14-9(5-15-10)11(18)16-4-7-1-2-8(12(19)20)13-3-7/h1-3,5-6H,4H2,(H,15,17)(H,16,18)(H,19,20). The average Bonchev–Trinajstić information content (AvgIpc) is 2.46. The Morgan fingerprint density at radius 3 is 2.50 bits per heavy atom. The summed E-state index contributed by atoms with van der Waals surface area (Å²) in [7, 11) is 0. The average molecular weight is 274 g/mol. The van der Waals surface area contributed by atoms with Crippen molar-refractivity contribution < 1.29 is 14.7 Å². The van der Waals surface area contributed by atoms with Crippen LogP contribution in [0, 0.1) is 0 Å². The van der Waals surface area contributed by atoms with Crippen LogP contribution in [0.15, 0.2) is 35.5 Å². The molecule has 3 N–H and O–H groups in total. The van der Waals surface area contributed by atoms with Crippen LogP contribution in [0.1, 0.15) is 26.5 Å². The van der Waals surface area contributed by atoms with Gasteiger partial charge < -0.3 is 15.4 Å². The van der Waals surface area contributed by atoms with E-state index in [1.165, 1.54) is 18.5 Å². The minimum atomic E-state index is -1.11. The van der Waals surface area contributed by atoms with Gasteiger partial charge in [0.2, 0.25) is 0 Å². The zero-order valence-corrected chi connectivity index (χ0v) is 10.2. The molecule has 0 aromatic carbocycles. The minimum Gasteiger partial charge on any atom is -0.477 e. The fourth-order valence-corrected chi connectivity index (χ4v) is 1.39. The summed E-state index contributed by atoms with van der Waals surface area (Å²) in [6, 6.07) is 2.90. The van der Waals surface area contributed by atoms with Gasteiger partial charge in [0.25, 0.3) is 11.5 Å². The Labute approximate surface area is 112 Å². The van der Waals surface area contributed by atoms with E-state index < -0.39 is 17.4 Å². The maximum absolute atomic E-state index is 11.7. The largest absolute Gasteiger partial charge is 0.477 e. The molecule has 2 aromatic rings. The summed E-state index contributed by atoms with van der Waals surface area (Å²) in [5, 5.41) is 11.3. The predicted octanol–water partition coefficient (Wildman–Crippen LogP) is -0.207. The minimum absolute atomic E-state index is 0.0672. The highest BCUT2D eigenvalue weighted by Gasteiger charge is 2.08. The van der Waals surface area contributed by atoms with Crippen molar-refractivity contribution in [3.63, 3.8) is 0 Å². The Morgan fingerprint density at radius 2 is 1.95 bits per heavy atom. The Morgan fingerprint density at radius 1 is 1.20 bits per heavy atom. The van der Waals surface area contributed by atoms with E-state index in [2.05, 4.69) is 20.3 Å². The first-order valence-electron chi connectivity index (χ1n) is 5.57. The van der Waals surface area contributed by atoms with Crippen LogP contribution < -0.4 is 10.9 Å². The van der Waals surface area contributed by atoms with E-state index in [4.69, 9.17) is 5.11 Å². The number of rotatable bonds is 4. The fourth-order valence-electron chi connectivity index (χ4n) is 1.39. The maximum atomic E-state index is 11.7. The van der Waals surface area contributed by atoms with Crippen LogP contribution in [0.5, 0.6) is 0 Å². The van der Waals surface area contributed by atoms with Gasteiger partial charge in [-0.25, -0.2) is 14.8 Å². The van der Waals surface area contributed by atoms with Crippen molar-refractivity contribution in [1.82, 2.24) is 20.3 Å². The smallest absolute Gasteiger partial charge is 0.354 e. The molecule has 0 unspecified atom stereocenters. The number of hydrogen-bond acceptors (Lipinski definition) is 5. The molecule has 8 heteroatoms. The van der Waals surface area contributed by atoms with Gasteiger partial charge in [-0.15, -0.1) is 0 Å². The molecule has 0 saturated carbocycles. The molecule has 2 rings (SSSR count). The molecular weight excluding hydrogens is 264 g/mol. The van der Waals surface area contributed by atoms with Crippen molar-refractivity contribution in [2.24, 2.45) is 0 Å². The van der Waals surface area contributed by atoms with Crippen LogP contribution in [-0.2, 0) is 6.54 Å². The summed E-state index contributed by atoms with van der Waals surface area (Å²) in [5.74, 6) is -1.57. The lowest BCUT2D eigenvalue weighted by molar-refractivity contribution is 0.0690. The highest BCUT2D eigenvalue weighted by molar-refractivity contribution is 5.91. The van der Waals surface area contributed by atoms with Gasteiger partial charge in [-0.2, -0.15) is 0 Å². The number of carboxylic acids is 1. The van der Waals surface area contributed by atoms with E-state index in [1.54, 1.807) is 6.07 Å². The van der Waals surface area contributed by atoms with Crippen LogP contribution in [0.3, 0.4) is 0 Å². The second-order valence-electron chi connectivity index (χ2n) is 3.84. The van der Waals surface area contributed by atoms with Crippen molar-refractivity contribution in [2.45, 2.75) is 6.54 Å². The number of aromatic nitrogens is 3. The van der Waals surface area contributed by atoms with Gasteiger partial charge in [-0.1, -0.05) is 6.07 Å². The summed E-state index contributed by atoms with van der Waals surface area (Å²) in [5.41, 5.74) is 0.268. The number of carbonyl (C=O) groups excluding carboxylic acids is 1. The van der Waals surface area contributed by atoms with Gasteiger partial charge >= 0.3 is 5.97 Å². The summed E-state index contributed by atoms with van der Waals surface area (Å²) in [6.07, 6.45) is 3.59. The Kier molecular flexibility index (Phi) is 3.85. The van der Waals surface area contributed by atoms with Gasteiger partial charge in [0.05, 0.1) is 6.20 Å². The molecular formula is C12H10N4O4. The lowest BCUT2D eigenvalue weighted by Crippen LogP contribution is -2.25. The Hall–Kier alpha value is -3.03. The predicted molar refractivity (Wildman–Crippen MR) is 67.2 cm³/mol. The third-order valence-electron chi connectivity index (χ3n) is 2.40. The highest BCUT2D eigenvalue weighted by atomic mass is 16.4. The van der Waals surface area contributed by atoms with E-state index in [-0.39, 0.29) is 17.9 Å². The van der Waals surface area contributed by atoms with E-state index in [0.717, 1.165) is 6.20 Å². The number of hydrogen-bond donors (Lipinski definition) is 3. The molecule has 2 aromatic heterocycles. The van der Waals surface area contributed by atoms with Gasteiger partial charge in [-0.05, 0) is 11.6 Å². The molecule has 8 nitrogen and oxygen atoms in total. The Balaban J connectivity index is 1.98. The molecule has 2 heterocycles. The van der Waals surface area contributed by atoms with Crippen LogP contribution in [0.4, 0.5) is 0 Å². The summed E-state index contributed by atoms with van der Waals surface area (Å²) in [6.45, 7) is 0.173. The number of amides is 1. The van der Waals surface area contributed by atoms with E-state index in [9.17, 15) is 14.4 Å². The van der Waals surface area contributed by atoms with Crippen molar-refractivity contribution in [3.8, 4) is 0 Å². The van der Waals surface area contributed by atoms with Gasteiger partial charge in [0.1, 0.15) is 11.4 Å². The van der Waals surface area contributed by atoms with Crippen LogP contribution in [0.25, 0.3) is 0 Å². The molecule has 102 valence electrons. The number of aromatic amines is 1. The van der Waals surface area contributed by atoms with Crippen molar-refractivity contribution >= 4 is 11.9 Å². The molecule has 0 aliphatic rings. The summed E-state index contributed by atoms with van der Waals surface area (Å²) >= 11 is 0. The van der Waals surface area contributed by atoms with Crippen LogP contribution >= 0.6 is 0 Å². The van der Waals surface area contributed by atoms with Crippen LogP contribution in [-0.4, -0.2) is 31.9 Å². The molecule has 0 fully saturated rings. The van der Waals surface area contributed by atoms with Crippen molar-refractivity contribution in [3.05, 3.63) is 58.0 Å². The first-order valence-corrected chi connectivity index (χ1v) is 5.57. The van der Waals surface area contributed by atoms with E-state index in [1.807, 2.05) is 0 Å². The second kappa shape index (κ2) is 5.74. The molecule has 0 aliphatic carbocycles. The second-order valence-corrected chi connectivity index (χ2v) is 3.84. The SMILES string of the molecule is O=C(O)c1ccc(CNC(=O)c2c[nH]c(=O)cn2)cn1. The topological polar surface area (TPSA) is 125 Å². The monoisotopic (exact) mass is 274 g/mol. The van der Waals surface area contributed by atoms with Crippen molar-refractivity contribution in [1.29, 1.82) is 0 Å². The molecule has 0 spiro atoms. The number of aromatic carboxylic acids is 1. The summed E-state index contributed by atoms with van der Waals surface area (Å²) in [4.78, 5) is 42.9. The van der Waals surface area contributed by atoms with Gasteiger partial charge in [0, 0.05) is 18.9 Å². The fraction of sp³-hybridized carbons (Fsp3) is 0.0833. The zero-order chi connectivity index (χ0) is 14.5. The maximum Gasteiger partial charge on any atom is 0.354 e. The lowest BCUT2D eigenvalue weighted by Gasteiger charge is -2.04. The molecule has 0 bridgehead atoms. The third-order valence-corrected chi connectivity index (χ3v) is 2.40. The van der Waals surface area contributed by atoms with Gasteiger partial charge in [-0.3, -0.25) is 9.59 Å². The first kappa shape index (κ1) is 13.4. The molecule has 1 amide bonds. The van der Waals surface area contributed by atoms with E-state index >= 15 is 0 Å². The van der Waals surface area contributed by atoms with Crippen LogP contribution in [0.2, 0.25) is 0 Å². The number of nitrogens with one attached hydrogen (secondary N) is 2. The number of carboxylic acid groups (broad SMARTS) is 1. The van der Waals surface area contributed by atoms with Gasteiger partial charge in [0.15, 0.2) is 0 Å². The number of H-pyrrole nitrogens is 1. The Bertz CT molecular complexity index is 673. The molecule has 0 radical (unpaired) electrons. The third kappa shape index (κ3) is 3.25. The number of pyridine rings is 1. The zero-order valence-electron chi connectivity index (χ0n) is 10.2. The molecule has 0 atom stereocenters. The number of nitrogens with zero attached hydrogens (tertiary/aromatic N) is 2. The lowest BCUT2D eigenvalue weighted by atomic mass is 10.2. The molecule has 0 aliphatic heterocycles.